The van der Waals surface area contributed by atoms with Crippen molar-refractivity contribution in [2.24, 2.45) is 0 Å². The summed E-state index contributed by atoms with van der Waals surface area (Å²) in [5.74, 6) is -0.208. The number of carbonyl (C=O) groups excluding carboxylic acids is 1. The van der Waals surface area contributed by atoms with Gasteiger partial charge in [-0.3, -0.25) is 4.79 Å². The third kappa shape index (κ3) is 5.69. The van der Waals surface area contributed by atoms with Crippen molar-refractivity contribution in [3.05, 3.63) is 35.4 Å². The van der Waals surface area contributed by atoms with Gasteiger partial charge in [0, 0.05) is 39.4 Å². The second kappa shape index (κ2) is 7.99. The van der Waals surface area contributed by atoms with Crippen molar-refractivity contribution in [3.8, 4) is 0 Å². The summed E-state index contributed by atoms with van der Waals surface area (Å²) in [5.41, 5.74) is 0.517. The van der Waals surface area contributed by atoms with Gasteiger partial charge in [0.15, 0.2) is 0 Å². The zero-order chi connectivity index (χ0) is 15.0. The molecule has 112 valence electrons. The zero-order valence-electron chi connectivity index (χ0n) is 12.3. The van der Waals surface area contributed by atoms with Crippen LogP contribution in [-0.2, 0) is 16.1 Å². The lowest BCUT2D eigenvalue weighted by Crippen LogP contribution is -2.41. The Morgan fingerprint density at radius 3 is 2.75 bits per heavy atom. The predicted molar refractivity (Wildman–Crippen MR) is 76.6 cm³/mol. The number of carbonyl (C=O) groups is 1. The van der Waals surface area contributed by atoms with Crippen molar-refractivity contribution in [3.63, 3.8) is 0 Å². The quantitative estimate of drug-likeness (QED) is 0.755. The predicted octanol–water partition coefficient (Wildman–Crippen LogP) is 1.35. The molecule has 0 aromatic heterocycles. The van der Waals surface area contributed by atoms with Crippen molar-refractivity contribution >= 4 is 5.91 Å². The SMILES string of the molecule is COCCC(C)(O)CNC(=O)c1cccc(COC)c1. The number of benzene rings is 1. The fourth-order valence-corrected chi connectivity index (χ4v) is 1.75. The summed E-state index contributed by atoms with van der Waals surface area (Å²) < 4.78 is 9.96. The van der Waals surface area contributed by atoms with Gasteiger partial charge in [-0.1, -0.05) is 12.1 Å². The minimum Gasteiger partial charge on any atom is -0.388 e. The molecule has 0 saturated carbocycles. The van der Waals surface area contributed by atoms with Gasteiger partial charge in [-0.25, -0.2) is 0 Å². The monoisotopic (exact) mass is 281 g/mol. The number of amides is 1. The lowest BCUT2D eigenvalue weighted by atomic mass is 10.0. The molecule has 0 aliphatic rings. The van der Waals surface area contributed by atoms with E-state index in [4.69, 9.17) is 9.47 Å². The van der Waals surface area contributed by atoms with E-state index in [0.29, 0.717) is 25.2 Å². The molecule has 1 aromatic rings. The van der Waals surface area contributed by atoms with Crippen molar-refractivity contribution in [1.29, 1.82) is 0 Å². The molecule has 0 aliphatic carbocycles. The molecule has 1 aromatic carbocycles. The number of ether oxygens (including phenoxy) is 2. The summed E-state index contributed by atoms with van der Waals surface area (Å²) in [6.45, 7) is 2.77. The van der Waals surface area contributed by atoms with Crippen LogP contribution in [-0.4, -0.2) is 44.0 Å². The molecule has 0 bridgehead atoms. The summed E-state index contributed by atoms with van der Waals surface area (Å²) in [7, 11) is 3.19. The maximum Gasteiger partial charge on any atom is 0.251 e. The summed E-state index contributed by atoms with van der Waals surface area (Å²) in [4.78, 5) is 12.0. The lowest BCUT2D eigenvalue weighted by Gasteiger charge is -2.23. The van der Waals surface area contributed by atoms with E-state index in [1.165, 1.54) is 0 Å². The Hall–Kier alpha value is -1.43. The average molecular weight is 281 g/mol. The van der Waals surface area contributed by atoms with Gasteiger partial charge >= 0.3 is 0 Å². The van der Waals surface area contributed by atoms with E-state index < -0.39 is 5.60 Å². The lowest BCUT2D eigenvalue weighted by molar-refractivity contribution is 0.0243. The van der Waals surface area contributed by atoms with Crippen LogP contribution in [0.25, 0.3) is 0 Å². The number of rotatable bonds is 8. The van der Waals surface area contributed by atoms with E-state index >= 15 is 0 Å². The highest BCUT2D eigenvalue weighted by Gasteiger charge is 2.21. The molecule has 1 unspecified atom stereocenters. The molecule has 1 atom stereocenters. The van der Waals surface area contributed by atoms with Crippen LogP contribution >= 0.6 is 0 Å². The van der Waals surface area contributed by atoms with E-state index in [0.717, 1.165) is 5.56 Å². The topological polar surface area (TPSA) is 67.8 Å². The van der Waals surface area contributed by atoms with E-state index in [1.807, 2.05) is 12.1 Å². The summed E-state index contributed by atoms with van der Waals surface area (Å²) in [6, 6.07) is 7.22. The molecular weight excluding hydrogens is 258 g/mol. The van der Waals surface area contributed by atoms with Gasteiger partial charge in [0.2, 0.25) is 0 Å². The van der Waals surface area contributed by atoms with E-state index in [-0.39, 0.29) is 12.5 Å². The highest BCUT2D eigenvalue weighted by molar-refractivity contribution is 5.94. The maximum absolute atomic E-state index is 12.0. The van der Waals surface area contributed by atoms with Gasteiger partial charge in [0.1, 0.15) is 0 Å². The molecule has 5 heteroatoms. The molecular formula is C15H23NO4. The molecule has 2 N–H and O–H groups in total. The maximum atomic E-state index is 12.0. The highest BCUT2D eigenvalue weighted by atomic mass is 16.5. The molecule has 20 heavy (non-hydrogen) atoms. The summed E-state index contributed by atoms with van der Waals surface area (Å²) in [5, 5.41) is 12.8. The molecule has 0 fully saturated rings. The van der Waals surface area contributed by atoms with Gasteiger partial charge in [0.05, 0.1) is 12.2 Å². The first-order valence-corrected chi connectivity index (χ1v) is 6.56. The fourth-order valence-electron chi connectivity index (χ4n) is 1.75. The van der Waals surface area contributed by atoms with Crippen molar-refractivity contribution in [1.82, 2.24) is 5.32 Å². The van der Waals surface area contributed by atoms with Gasteiger partial charge in [-0.2, -0.15) is 0 Å². The van der Waals surface area contributed by atoms with Crippen LogP contribution in [0.5, 0.6) is 0 Å². The normalized spacial score (nSPS) is 13.8. The standard InChI is InChI=1S/C15H23NO4/c1-15(18,7-8-19-2)11-16-14(17)13-6-4-5-12(9-13)10-20-3/h4-6,9,18H,7-8,10-11H2,1-3H3,(H,16,17). The van der Waals surface area contributed by atoms with Gasteiger partial charge in [-0.05, 0) is 24.6 Å². The number of hydrogen-bond acceptors (Lipinski definition) is 4. The second-order valence-corrected chi connectivity index (χ2v) is 5.06. The van der Waals surface area contributed by atoms with Crippen LogP contribution in [0.15, 0.2) is 24.3 Å². The van der Waals surface area contributed by atoms with Crippen LogP contribution in [0.4, 0.5) is 0 Å². The summed E-state index contributed by atoms with van der Waals surface area (Å²) in [6.07, 6.45) is 0.466. The van der Waals surface area contributed by atoms with Crippen LogP contribution < -0.4 is 5.32 Å². The Morgan fingerprint density at radius 1 is 1.35 bits per heavy atom. The van der Waals surface area contributed by atoms with E-state index in [2.05, 4.69) is 5.32 Å². The molecule has 0 heterocycles. The number of aliphatic hydroxyl groups is 1. The molecule has 1 rings (SSSR count). The third-order valence-electron chi connectivity index (χ3n) is 2.97. The third-order valence-corrected chi connectivity index (χ3v) is 2.97. The summed E-state index contributed by atoms with van der Waals surface area (Å²) >= 11 is 0. The molecule has 0 saturated heterocycles. The van der Waals surface area contributed by atoms with Crippen LogP contribution in [0.2, 0.25) is 0 Å². The smallest absolute Gasteiger partial charge is 0.251 e. The van der Waals surface area contributed by atoms with Crippen LogP contribution in [0.1, 0.15) is 29.3 Å². The number of nitrogens with one attached hydrogen (secondary N) is 1. The fraction of sp³-hybridized carbons (Fsp3) is 0.533. The second-order valence-electron chi connectivity index (χ2n) is 5.06. The van der Waals surface area contributed by atoms with Gasteiger partial charge < -0.3 is 19.9 Å². The Morgan fingerprint density at radius 2 is 2.10 bits per heavy atom. The van der Waals surface area contributed by atoms with Crippen molar-refractivity contribution < 1.29 is 19.4 Å². The molecule has 5 nitrogen and oxygen atoms in total. The Kier molecular flexibility index (Phi) is 6.64. The Bertz CT molecular complexity index is 432. The van der Waals surface area contributed by atoms with Gasteiger partial charge in [0.25, 0.3) is 5.91 Å². The zero-order valence-corrected chi connectivity index (χ0v) is 12.3. The number of methoxy groups -OCH3 is 2. The first-order valence-electron chi connectivity index (χ1n) is 6.56. The Labute approximate surface area is 119 Å². The average Bonchev–Trinajstić information content (AvgIpc) is 2.43. The van der Waals surface area contributed by atoms with Crippen LogP contribution in [0.3, 0.4) is 0 Å². The van der Waals surface area contributed by atoms with Crippen molar-refractivity contribution in [2.75, 3.05) is 27.4 Å². The molecule has 1 amide bonds. The molecule has 0 radical (unpaired) electrons. The first-order chi connectivity index (χ1) is 9.48. The molecule has 0 spiro atoms. The molecule has 0 aliphatic heterocycles. The van der Waals surface area contributed by atoms with E-state index in [9.17, 15) is 9.90 Å². The largest absolute Gasteiger partial charge is 0.388 e. The van der Waals surface area contributed by atoms with Crippen molar-refractivity contribution in [2.45, 2.75) is 25.6 Å². The minimum atomic E-state index is -0.976. The Balaban J connectivity index is 2.56. The van der Waals surface area contributed by atoms with Crippen LogP contribution in [0, 0.1) is 0 Å². The van der Waals surface area contributed by atoms with E-state index in [1.54, 1.807) is 33.3 Å². The number of hydrogen-bond donors (Lipinski definition) is 2. The minimum absolute atomic E-state index is 0.184. The van der Waals surface area contributed by atoms with Gasteiger partial charge in [-0.15, -0.1) is 0 Å². The first kappa shape index (κ1) is 16.6. The highest BCUT2D eigenvalue weighted by Crippen LogP contribution is 2.10.